The van der Waals surface area contributed by atoms with Gasteiger partial charge in [0.1, 0.15) is 11.6 Å². The molecule has 7 heteroatoms. The van der Waals surface area contributed by atoms with E-state index < -0.39 is 0 Å². The van der Waals surface area contributed by atoms with Crippen LogP contribution >= 0.6 is 11.8 Å². The van der Waals surface area contributed by atoms with Crippen LogP contribution in [0.15, 0.2) is 23.5 Å². The van der Waals surface area contributed by atoms with E-state index in [2.05, 4.69) is 25.7 Å². The van der Waals surface area contributed by atoms with Gasteiger partial charge < -0.3 is 10.6 Å². The molecule has 0 saturated heterocycles. The van der Waals surface area contributed by atoms with Gasteiger partial charge in [0.15, 0.2) is 5.16 Å². The molecule has 0 unspecified atom stereocenters. The molecule has 2 aromatic rings. The zero-order valence-electron chi connectivity index (χ0n) is 11.3. The second-order valence-electron chi connectivity index (χ2n) is 3.96. The third kappa shape index (κ3) is 3.60. The average Bonchev–Trinajstić information content (AvgIpc) is 2.82. The largest absolute Gasteiger partial charge is 0.370 e. The van der Waals surface area contributed by atoms with Crippen LogP contribution in [0.4, 0.5) is 11.6 Å². The Morgan fingerprint density at radius 2 is 2.00 bits per heavy atom. The molecule has 2 N–H and O–H groups in total. The molecule has 0 aromatic carbocycles. The molecule has 102 valence electrons. The van der Waals surface area contributed by atoms with E-state index >= 15 is 0 Å². The van der Waals surface area contributed by atoms with E-state index in [0.29, 0.717) is 6.54 Å². The quantitative estimate of drug-likeness (QED) is 0.622. The molecule has 0 aliphatic rings. The molecule has 0 bridgehead atoms. The highest BCUT2D eigenvalue weighted by atomic mass is 32.2. The zero-order chi connectivity index (χ0) is 13.7. The maximum atomic E-state index is 4.43. The third-order valence-electron chi connectivity index (χ3n) is 2.62. The summed E-state index contributed by atoms with van der Waals surface area (Å²) >= 11 is 1.53. The van der Waals surface area contributed by atoms with Crippen molar-refractivity contribution in [3.63, 3.8) is 0 Å². The van der Waals surface area contributed by atoms with Crippen LogP contribution in [0.5, 0.6) is 0 Å². The molecule has 2 heterocycles. The summed E-state index contributed by atoms with van der Waals surface area (Å²) in [5, 5.41) is 11.4. The molecule has 0 saturated carbocycles. The first-order chi connectivity index (χ1) is 9.22. The van der Waals surface area contributed by atoms with Crippen molar-refractivity contribution in [2.45, 2.75) is 18.6 Å². The van der Waals surface area contributed by atoms with E-state index in [9.17, 15) is 0 Å². The second-order valence-corrected chi connectivity index (χ2v) is 4.73. The smallest absolute Gasteiger partial charge is 0.191 e. The van der Waals surface area contributed by atoms with Gasteiger partial charge in [-0.1, -0.05) is 11.8 Å². The van der Waals surface area contributed by atoms with Gasteiger partial charge in [-0.15, -0.1) is 0 Å². The van der Waals surface area contributed by atoms with E-state index in [1.807, 2.05) is 37.0 Å². The molecule has 0 aliphatic heterocycles. The van der Waals surface area contributed by atoms with E-state index in [1.54, 1.807) is 6.20 Å². The van der Waals surface area contributed by atoms with Gasteiger partial charge in [0.25, 0.3) is 0 Å². The predicted octanol–water partition coefficient (Wildman–Crippen LogP) is 1.98. The first-order valence-corrected chi connectivity index (χ1v) is 7.33. The molecule has 0 atom stereocenters. The molecule has 19 heavy (non-hydrogen) atoms. The van der Waals surface area contributed by atoms with Crippen molar-refractivity contribution in [1.82, 2.24) is 19.7 Å². The molecule has 0 amide bonds. The number of rotatable bonds is 6. The standard InChI is InChI=1S/C12H18N6S/c1-4-13-10-7-11(17-12(16-10)19-3)14-8-9-5-6-15-18(9)2/h5-7H,4,8H2,1-3H3,(H2,13,14,16,17). The Morgan fingerprint density at radius 1 is 1.26 bits per heavy atom. The van der Waals surface area contributed by atoms with Crippen LogP contribution in [0.1, 0.15) is 12.6 Å². The molecule has 0 spiro atoms. The van der Waals surface area contributed by atoms with Crippen molar-refractivity contribution in [3.8, 4) is 0 Å². The van der Waals surface area contributed by atoms with Crippen molar-refractivity contribution >= 4 is 23.4 Å². The van der Waals surface area contributed by atoms with Crippen LogP contribution in [-0.2, 0) is 13.6 Å². The number of hydrogen-bond acceptors (Lipinski definition) is 6. The first kappa shape index (κ1) is 13.7. The normalized spacial score (nSPS) is 10.5. The zero-order valence-corrected chi connectivity index (χ0v) is 12.2. The third-order valence-corrected chi connectivity index (χ3v) is 3.17. The Morgan fingerprint density at radius 3 is 2.58 bits per heavy atom. The molecule has 2 aromatic heterocycles. The predicted molar refractivity (Wildman–Crippen MR) is 78.5 cm³/mol. The van der Waals surface area contributed by atoms with Gasteiger partial charge in [-0.3, -0.25) is 4.68 Å². The van der Waals surface area contributed by atoms with Gasteiger partial charge in [-0.25, -0.2) is 9.97 Å². The number of anilines is 2. The minimum atomic E-state index is 0.687. The Labute approximate surface area is 117 Å². The van der Waals surface area contributed by atoms with Crippen molar-refractivity contribution in [2.75, 3.05) is 23.4 Å². The topological polar surface area (TPSA) is 67.7 Å². The van der Waals surface area contributed by atoms with Crippen molar-refractivity contribution in [2.24, 2.45) is 7.05 Å². The van der Waals surface area contributed by atoms with Gasteiger partial charge >= 0.3 is 0 Å². The number of nitrogens with one attached hydrogen (secondary N) is 2. The van der Waals surface area contributed by atoms with E-state index in [-0.39, 0.29) is 0 Å². The van der Waals surface area contributed by atoms with E-state index in [1.165, 1.54) is 11.8 Å². The summed E-state index contributed by atoms with van der Waals surface area (Å²) in [6, 6.07) is 3.90. The molecule has 6 nitrogen and oxygen atoms in total. The summed E-state index contributed by atoms with van der Waals surface area (Å²) in [4.78, 5) is 8.82. The van der Waals surface area contributed by atoms with Crippen LogP contribution in [0.3, 0.4) is 0 Å². The lowest BCUT2D eigenvalue weighted by Crippen LogP contribution is -2.08. The summed E-state index contributed by atoms with van der Waals surface area (Å²) < 4.78 is 1.84. The van der Waals surface area contributed by atoms with E-state index in [4.69, 9.17) is 0 Å². The number of nitrogens with zero attached hydrogens (tertiary/aromatic N) is 4. The molecule has 0 radical (unpaired) electrons. The average molecular weight is 278 g/mol. The van der Waals surface area contributed by atoms with Crippen LogP contribution < -0.4 is 10.6 Å². The minimum absolute atomic E-state index is 0.687. The van der Waals surface area contributed by atoms with Gasteiger partial charge in [0.05, 0.1) is 12.2 Å². The van der Waals surface area contributed by atoms with Gasteiger partial charge in [-0.05, 0) is 19.2 Å². The van der Waals surface area contributed by atoms with Gasteiger partial charge in [-0.2, -0.15) is 5.10 Å². The van der Waals surface area contributed by atoms with E-state index in [0.717, 1.165) is 29.0 Å². The summed E-state index contributed by atoms with van der Waals surface area (Å²) in [7, 11) is 1.92. The Hall–Kier alpha value is -1.76. The second kappa shape index (κ2) is 6.42. The molecule has 0 aliphatic carbocycles. The SMILES string of the molecule is CCNc1cc(NCc2ccnn2C)nc(SC)n1. The molecule has 2 rings (SSSR count). The number of aromatic nitrogens is 4. The summed E-state index contributed by atoms with van der Waals surface area (Å²) in [6.07, 6.45) is 3.75. The van der Waals surface area contributed by atoms with Crippen molar-refractivity contribution in [1.29, 1.82) is 0 Å². The Bertz CT molecular complexity index is 539. The van der Waals surface area contributed by atoms with Crippen molar-refractivity contribution in [3.05, 3.63) is 24.0 Å². The monoisotopic (exact) mass is 278 g/mol. The van der Waals surface area contributed by atoms with Crippen LogP contribution in [0, 0.1) is 0 Å². The van der Waals surface area contributed by atoms with Crippen LogP contribution in [-0.4, -0.2) is 32.5 Å². The highest BCUT2D eigenvalue weighted by molar-refractivity contribution is 7.98. The summed E-state index contributed by atoms with van der Waals surface area (Å²) in [5.41, 5.74) is 1.11. The molecule has 0 fully saturated rings. The van der Waals surface area contributed by atoms with Crippen LogP contribution in [0.25, 0.3) is 0 Å². The highest BCUT2D eigenvalue weighted by Gasteiger charge is 2.04. The number of hydrogen-bond donors (Lipinski definition) is 2. The first-order valence-electron chi connectivity index (χ1n) is 6.10. The Balaban J connectivity index is 2.10. The minimum Gasteiger partial charge on any atom is -0.370 e. The van der Waals surface area contributed by atoms with Crippen LogP contribution in [0.2, 0.25) is 0 Å². The fraction of sp³-hybridized carbons (Fsp3) is 0.417. The lowest BCUT2D eigenvalue weighted by Gasteiger charge is -2.09. The number of thioether (sulfide) groups is 1. The Kier molecular flexibility index (Phi) is 4.62. The van der Waals surface area contributed by atoms with Crippen molar-refractivity contribution < 1.29 is 0 Å². The summed E-state index contributed by atoms with van der Waals surface area (Å²) in [6.45, 7) is 3.57. The summed E-state index contributed by atoms with van der Waals surface area (Å²) in [5.74, 6) is 1.66. The van der Waals surface area contributed by atoms with Gasteiger partial charge in [0, 0.05) is 25.9 Å². The number of aryl methyl sites for hydroxylation is 1. The maximum Gasteiger partial charge on any atom is 0.191 e. The lowest BCUT2D eigenvalue weighted by atomic mass is 10.4. The van der Waals surface area contributed by atoms with Gasteiger partial charge in [0.2, 0.25) is 0 Å². The fourth-order valence-electron chi connectivity index (χ4n) is 1.63. The lowest BCUT2D eigenvalue weighted by molar-refractivity contribution is 0.719. The maximum absolute atomic E-state index is 4.43. The fourth-order valence-corrected chi connectivity index (χ4v) is 2.01. The highest BCUT2D eigenvalue weighted by Crippen LogP contribution is 2.17. The molecular weight excluding hydrogens is 260 g/mol. The molecular formula is C12H18N6S.